The first kappa shape index (κ1) is 23.3. The molecule has 0 heterocycles. The van der Waals surface area contributed by atoms with Crippen molar-refractivity contribution in [1.29, 1.82) is 0 Å². The van der Waals surface area contributed by atoms with Crippen molar-refractivity contribution >= 4 is 29.2 Å². The second-order valence-corrected chi connectivity index (χ2v) is 6.18. The number of thiocarbonyl (C=S) groups is 1. The molecule has 1 rings (SSSR count). The smallest absolute Gasteiger partial charge is 0.216 e. The number of hydrogen-bond donors (Lipinski definition) is 1. The van der Waals surface area contributed by atoms with Crippen molar-refractivity contribution < 1.29 is 28.4 Å². The molecule has 0 unspecified atom stereocenters. The molecule has 0 radical (unpaired) electrons. The summed E-state index contributed by atoms with van der Waals surface area (Å²) < 4.78 is 32.2. The number of hydrogen-bond acceptors (Lipinski definition) is 7. The molecular weight excluding hydrogens is 376 g/mol. The van der Waals surface area contributed by atoms with Gasteiger partial charge in [0.2, 0.25) is 4.38 Å². The standard InChI is InChI=1S/C18H28O6S2/c25-18(26)24-15-14-22-11-10-20-7-6-19-8-9-21-12-13-23-16-17-4-2-1-3-5-17/h1-5H,6-16H2,(H,25,26). The molecule has 0 spiro atoms. The molecule has 0 bridgehead atoms. The van der Waals surface area contributed by atoms with Gasteiger partial charge >= 0.3 is 0 Å². The summed E-state index contributed by atoms with van der Waals surface area (Å²) in [5.41, 5.74) is 1.16. The first-order valence-electron chi connectivity index (χ1n) is 8.57. The average molecular weight is 405 g/mol. The zero-order chi connectivity index (χ0) is 18.7. The van der Waals surface area contributed by atoms with Crippen molar-refractivity contribution in [2.75, 3.05) is 66.1 Å². The molecule has 1 aromatic carbocycles. The molecule has 0 atom stereocenters. The molecule has 0 aliphatic heterocycles. The first-order chi connectivity index (χ1) is 12.8. The van der Waals surface area contributed by atoms with Crippen molar-refractivity contribution in [2.45, 2.75) is 6.61 Å². The average Bonchev–Trinajstić information content (AvgIpc) is 2.65. The largest absolute Gasteiger partial charge is 0.476 e. The van der Waals surface area contributed by atoms with Crippen LogP contribution in [0.2, 0.25) is 0 Å². The minimum Gasteiger partial charge on any atom is -0.476 e. The number of thiol groups is 1. The quantitative estimate of drug-likeness (QED) is 0.243. The van der Waals surface area contributed by atoms with E-state index in [-0.39, 0.29) is 4.38 Å². The molecule has 0 fully saturated rings. The Morgan fingerprint density at radius 2 is 1.08 bits per heavy atom. The Labute approximate surface area is 166 Å². The molecule has 0 saturated heterocycles. The molecule has 0 aliphatic rings. The lowest BCUT2D eigenvalue weighted by atomic mass is 10.2. The predicted octanol–water partition coefficient (Wildman–Crippen LogP) is 2.50. The lowest BCUT2D eigenvalue weighted by Gasteiger charge is -2.08. The molecule has 0 N–H and O–H groups in total. The fraction of sp³-hybridized carbons (Fsp3) is 0.611. The van der Waals surface area contributed by atoms with Gasteiger partial charge in [-0.1, -0.05) is 43.0 Å². The normalized spacial score (nSPS) is 10.8. The Bertz CT molecular complexity index is 447. The van der Waals surface area contributed by atoms with Gasteiger partial charge in [0.05, 0.1) is 66.1 Å². The Morgan fingerprint density at radius 1 is 0.654 bits per heavy atom. The third-order valence-corrected chi connectivity index (χ3v) is 3.30. The van der Waals surface area contributed by atoms with E-state index in [2.05, 4.69) is 24.8 Å². The SMILES string of the molecule is S=C(S)OCCOCCOCCOCCOCCOCc1ccccc1. The van der Waals surface area contributed by atoms with E-state index in [9.17, 15) is 0 Å². The highest BCUT2D eigenvalue weighted by molar-refractivity contribution is 8.10. The summed E-state index contributed by atoms with van der Waals surface area (Å²) in [4.78, 5) is 0. The van der Waals surface area contributed by atoms with Crippen LogP contribution in [-0.4, -0.2) is 70.5 Å². The van der Waals surface area contributed by atoms with Gasteiger partial charge in [0, 0.05) is 0 Å². The summed E-state index contributed by atoms with van der Waals surface area (Å²) in [5.74, 6) is 0. The Hall–Kier alpha value is -0.740. The maximum Gasteiger partial charge on any atom is 0.216 e. The fourth-order valence-electron chi connectivity index (χ4n) is 1.83. The second-order valence-electron chi connectivity index (χ2n) is 5.10. The van der Waals surface area contributed by atoms with E-state index in [1.807, 2.05) is 30.3 Å². The van der Waals surface area contributed by atoms with E-state index in [0.29, 0.717) is 72.7 Å². The van der Waals surface area contributed by atoms with Gasteiger partial charge < -0.3 is 28.4 Å². The third-order valence-electron chi connectivity index (χ3n) is 3.05. The third kappa shape index (κ3) is 15.5. The first-order valence-corrected chi connectivity index (χ1v) is 9.43. The van der Waals surface area contributed by atoms with Crippen molar-refractivity contribution in [3.63, 3.8) is 0 Å². The van der Waals surface area contributed by atoms with Gasteiger partial charge in [-0.15, -0.1) is 0 Å². The molecule has 148 valence electrons. The van der Waals surface area contributed by atoms with Gasteiger partial charge in [-0.05, 0) is 17.8 Å². The minimum absolute atomic E-state index is 0.227. The van der Waals surface area contributed by atoms with Crippen molar-refractivity contribution in [1.82, 2.24) is 0 Å². The fourth-order valence-corrected chi connectivity index (χ4v) is 2.01. The van der Waals surface area contributed by atoms with Gasteiger partial charge in [0.15, 0.2) is 0 Å². The molecule has 8 heteroatoms. The molecular formula is C18H28O6S2. The van der Waals surface area contributed by atoms with E-state index < -0.39 is 0 Å². The van der Waals surface area contributed by atoms with Crippen LogP contribution >= 0.6 is 24.8 Å². The molecule has 0 saturated carbocycles. The summed E-state index contributed by atoms with van der Waals surface area (Å²) in [6.45, 7) is 5.79. The minimum atomic E-state index is 0.227. The maximum atomic E-state index is 5.52. The van der Waals surface area contributed by atoms with Crippen LogP contribution in [0.4, 0.5) is 0 Å². The van der Waals surface area contributed by atoms with Crippen LogP contribution in [0.25, 0.3) is 0 Å². The predicted molar refractivity (Wildman–Crippen MR) is 107 cm³/mol. The Kier molecular flexibility index (Phi) is 15.8. The monoisotopic (exact) mass is 404 g/mol. The molecule has 0 amide bonds. The van der Waals surface area contributed by atoms with Crippen molar-refractivity contribution in [2.24, 2.45) is 0 Å². The highest BCUT2D eigenvalue weighted by atomic mass is 32.1. The van der Waals surface area contributed by atoms with Crippen LogP contribution in [0, 0.1) is 0 Å². The van der Waals surface area contributed by atoms with Crippen LogP contribution in [-0.2, 0) is 35.0 Å². The van der Waals surface area contributed by atoms with Crippen LogP contribution in [0.3, 0.4) is 0 Å². The summed E-state index contributed by atoms with van der Waals surface area (Å²) >= 11 is 8.49. The summed E-state index contributed by atoms with van der Waals surface area (Å²) in [5, 5.41) is 0. The topological polar surface area (TPSA) is 55.4 Å². The molecule has 26 heavy (non-hydrogen) atoms. The number of rotatable bonds is 17. The Morgan fingerprint density at radius 3 is 1.54 bits per heavy atom. The van der Waals surface area contributed by atoms with Gasteiger partial charge in [-0.2, -0.15) is 0 Å². The van der Waals surface area contributed by atoms with Crippen LogP contribution in [0.1, 0.15) is 5.56 Å². The highest BCUT2D eigenvalue weighted by Crippen LogP contribution is 1.99. The van der Waals surface area contributed by atoms with Gasteiger partial charge in [-0.25, -0.2) is 0 Å². The molecule has 6 nitrogen and oxygen atoms in total. The van der Waals surface area contributed by atoms with E-state index in [0.717, 1.165) is 5.56 Å². The summed E-state index contributed by atoms with van der Waals surface area (Å²) in [7, 11) is 0. The number of ether oxygens (including phenoxy) is 6. The van der Waals surface area contributed by atoms with Gasteiger partial charge in [-0.3, -0.25) is 0 Å². The maximum absolute atomic E-state index is 5.52. The lowest BCUT2D eigenvalue weighted by Crippen LogP contribution is -2.14. The molecule has 1 aromatic rings. The van der Waals surface area contributed by atoms with E-state index in [4.69, 9.17) is 28.4 Å². The highest BCUT2D eigenvalue weighted by Gasteiger charge is 1.95. The van der Waals surface area contributed by atoms with E-state index in [1.54, 1.807) is 0 Å². The zero-order valence-corrected chi connectivity index (χ0v) is 16.7. The van der Waals surface area contributed by atoms with Gasteiger partial charge in [0.25, 0.3) is 0 Å². The van der Waals surface area contributed by atoms with Crippen molar-refractivity contribution in [3.8, 4) is 0 Å². The van der Waals surface area contributed by atoms with Crippen LogP contribution in [0.15, 0.2) is 30.3 Å². The van der Waals surface area contributed by atoms with Crippen molar-refractivity contribution in [3.05, 3.63) is 35.9 Å². The molecule has 0 aliphatic carbocycles. The van der Waals surface area contributed by atoms with Gasteiger partial charge in [0.1, 0.15) is 6.61 Å². The zero-order valence-electron chi connectivity index (χ0n) is 15.0. The van der Waals surface area contributed by atoms with E-state index >= 15 is 0 Å². The van der Waals surface area contributed by atoms with Crippen LogP contribution < -0.4 is 0 Å². The Balaban J connectivity index is 1.70. The van der Waals surface area contributed by atoms with Crippen LogP contribution in [0.5, 0.6) is 0 Å². The summed E-state index contributed by atoms with van der Waals surface area (Å²) in [6, 6.07) is 10.1. The lowest BCUT2D eigenvalue weighted by molar-refractivity contribution is -0.0140. The molecule has 0 aromatic heterocycles. The summed E-state index contributed by atoms with van der Waals surface area (Å²) in [6.07, 6.45) is 0. The second kappa shape index (κ2) is 17.7. The van der Waals surface area contributed by atoms with E-state index in [1.165, 1.54) is 0 Å². The number of benzene rings is 1.